The summed E-state index contributed by atoms with van der Waals surface area (Å²) >= 11 is 0. The molecule has 104 valence electrons. The summed E-state index contributed by atoms with van der Waals surface area (Å²) in [6.07, 6.45) is 1.65. The first-order chi connectivity index (χ1) is 9.63. The van der Waals surface area contributed by atoms with Crippen LogP contribution < -0.4 is 0 Å². The lowest BCUT2D eigenvalue weighted by atomic mass is 9.79. The fraction of sp³-hybridized carbons (Fsp3) is 0.294. The van der Waals surface area contributed by atoms with Gasteiger partial charge in [-0.3, -0.25) is 0 Å². The Bertz CT molecular complexity index is 604. The van der Waals surface area contributed by atoms with Gasteiger partial charge in [-0.15, -0.1) is 0 Å². The van der Waals surface area contributed by atoms with Gasteiger partial charge < -0.3 is 5.11 Å². The first kappa shape index (κ1) is 13.3. The zero-order valence-electron chi connectivity index (χ0n) is 11.0. The number of aryl methyl sites for hydroxylation is 1. The second-order valence-corrected chi connectivity index (χ2v) is 5.42. The van der Waals surface area contributed by atoms with Crippen LogP contribution in [0.1, 0.15) is 29.2 Å². The Morgan fingerprint density at radius 3 is 2.35 bits per heavy atom. The number of aliphatic hydroxyl groups is 1. The van der Waals surface area contributed by atoms with E-state index in [4.69, 9.17) is 0 Å². The van der Waals surface area contributed by atoms with Crippen molar-refractivity contribution < 1.29 is 13.9 Å². The number of benzene rings is 2. The molecular formula is C17H16F2O. The molecule has 2 aromatic rings. The Morgan fingerprint density at radius 1 is 1.00 bits per heavy atom. The number of aliphatic hydroxyl groups excluding tert-OH is 1. The van der Waals surface area contributed by atoms with Crippen molar-refractivity contribution in [2.75, 3.05) is 0 Å². The molecule has 0 amide bonds. The standard InChI is InChI=1S/C17H16F2O/c18-15-8-14(9-16(19)10-15)17(20)13-6-5-11-3-1-2-4-12(11)7-13/h1-4,8-10,13,17,20H,5-7H2. The van der Waals surface area contributed by atoms with Crippen molar-refractivity contribution in [1.82, 2.24) is 0 Å². The molecule has 1 N–H and O–H groups in total. The molecule has 1 aliphatic rings. The van der Waals surface area contributed by atoms with E-state index in [0.717, 1.165) is 25.3 Å². The first-order valence-corrected chi connectivity index (χ1v) is 6.84. The van der Waals surface area contributed by atoms with Crippen molar-refractivity contribution in [2.24, 2.45) is 5.92 Å². The minimum atomic E-state index is -0.825. The molecular weight excluding hydrogens is 258 g/mol. The maximum Gasteiger partial charge on any atom is 0.126 e. The average Bonchev–Trinajstić information content (AvgIpc) is 2.45. The summed E-state index contributed by atoms with van der Waals surface area (Å²) in [5.41, 5.74) is 2.85. The predicted molar refractivity (Wildman–Crippen MR) is 73.3 cm³/mol. The van der Waals surface area contributed by atoms with Gasteiger partial charge in [0.05, 0.1) is 6.10 Å². The molecule has 0 spiro atoms. The third-order valence-corrected chi connectivity index (χ3v) is 4.06. The van der Waals surface area contributed by atoms with Gasteiger partial charge in [-0.1, -0.05) is 24.3 Å². The summed E-state index contributed by atoms with van der Waals surface area (Å²) in [7, 11) is 0. The van der Waals surface area contributed by atoms with Gasteiger partial charge in [-0.05, 0) is 54.0 Å². The highest BCUT2D eigenvalue weighted by molar-refractivity contribution is 5.31. The maximum atomic E-state index is 13.2. The first-order valence-electron chi connectivity index (χ1n) is 6.84. The molecule has 0 saturated heterocycles. The second-order valence-electron chi connectivity index (χ2n) is 5.42. The summed E-state index contributed by atoms with van der Waals surface area (Å²) in [5.74, 6) is -1.28. The summed E-state index contributed by atoms with van der Waals surface area (Å²) in [6.45, 7) is 0. The van der Waals surface area contributed by atoms with Crippen LogP contribution in [0, 0.1) is 17.6 Å². The lowest BCUT2D eigenvalue weighted by molar-refractivity contribution is 0.0988. The van der Waals surface area contributed by atoms with Crippen molar-refractivity contribution in [1.29, 1.82) is 0 Å². The van der Waals surface area contributed by atoms with E-state index in [2.05, 4.69) is 12.1 Å². The molecule has 3 rings (SSSR count). The van der Waals surface area contributed by atoms with Crippen LogP contribution in [-0.2, 0) is 12.8 Å². The number of hydrogen-bond acceptors (Lipinski definition) is 1. The molecule has 1 nitrogen and oxygen atoms in total. The Balaban J connectivity index is 1.83. The fourth-order valence-electron chi connectivity index (χ4n) is 3.01. The molecule has 20 heavy (non-hydrogen) atoms. The van der Waals surface area contributed by atoms with E-state index < -0.39 is 17.7 Å². The van der Waals surface area contributed by atoms with Gasteiger partial charge in [-0.2, -0.15) is 0 Å². The molecule has 0 saturated carbocycles. The molecule has 2 unspecified atom stereocenters. The van der Waals surface area contributed by atoms with E-state index in [0.29, 0.717) is 5.56 Å². The van der Waals surface area contributed by atoms with E-state index in [1.54, 1.807) is 0 Å². The van der Waals surface area contributed by atoms with Gasteiger partial charge in [0.25, 0.3) is 0 Å². The maximum absolute atomic E-state index is 13.2. The molecule has 0 bridgehead atoms. The summed E-state index contributed by atoms with van der Waals surface area (Å²) in [5, 5.41) is 10.4. The highest BCUT2D eigenvalue weighted by atomic mass is 19.1. The largest absolute Gasteiger partial charge is 0.388 e. The third kappa shape index (κ3) is 2.59. The molecule has 0 radical (unpaired) electrons. The predicted octanol–water partition coefficient (Wildman–Crippen LogP) is 3.80. The minimum Gasteiger partial charge on any atom is -0.388 e. The van der Waals surface area contributed by atoms with Crippen molar-refractivity contribution >= 4 is 0 Å². The molecule has 2 atom stereocenters. The number of hydrogen-bond donors (Lipinski definition) is 1. The Morgan fingerprint density at radius 2 is 1.65 bits per heavy atom. The van der Waals surface area contributed by atoms with Gasteiger partial charge >= 0.3 is 0 Å². The molecule has 2 aromatic carbocycles. The zero-order valence-corrected chi connectivity index (χ0v) is 11.0. The van der Waals surface area contributed by atoms with Gasteiger partial charge in [0, 0.05) is 6.07 Å². The lowest BCUT2D eigenvalue weighted by Crippen LogP contribution is -2.21. The smallest absolute Gasteiger partial charge is 0.126 e. The van der Waals surface area contributed by atoms with E-state index in [-0.39, 0.29) is 5.92 Å². The topological polar surface area (TPSA) is 20.2 Å². The zero-order chi connectivity index (χ0) is 14.1. The summed E-state index contributed by atoms with van der Waals surface area (Å²) in [4.78, 5) is 0. The lowest BCUT2D eigenvalue weighted by Gasteiger charge is -2.28. The molecule has 0 aromatic heterocycles. The average molecular weight is 274 g/mol. The number of rotatable bonds is 2. The van der Waals surface area contributed by atoms with Crippen LogP contribution in [0.15, 0.2) is 42.5 Å². The van der Waals surface area contributed by atoms with Gasteiger partial charge in [-0.25, -0.2) is 8.78 Å². The summed E-state index contributed by atoms with van der Waals surface area (Å²) in [6, 6.07) is 11.4. The number of fused-ring (bicyclic) bond motifs is 1. The van der Waals surface area contributed by atoms with E-state index >= 15 is 0 Å². The Hall–Kier alpha value is -1.74. The number of halogens is 2. The van der Waals surface area contributed by atoms with Crippen LogP contribution in [0.2, 0.25) is 0 Å². The highest BCUT2D eigenvalue weighted by Gasteiger charge is 2.26. The van der Waals surface area contributed by atoms with Crippen LogP contribution in [-0.4, -0.2) is 5.11 Å². The molecule has 0 heterocycles. The summed E-state index contributed by atoms with van der Waals surface area (Å²) < 4.78 is 26.5. The minimum absolute atomic E-state index is 0.00565. The molecule has 1 aliphatic carbocycles. The normalized spacial score (nSPS) is 19.4. The van der Waals surface area contributed by atoms with Gasteiger partial charge in [0.2, 0.25) is 0 Å². The van der Waals surface area contributed by atoms with Gasteiger partial charge in [0.1, 0.15) is 11.6 Å². The van der Waals surface area contributed by atoms with Crippen LogP contribution in [0.4, 0.5) is 8.78 Å². The monoisotopic (exact) mass is 274 g/mol. The SMILES string of the molecule is OC(c1cc(F)cc(F)c1)C1CCc2ccccc2C1. The Labute approximate surface area is 116 Å². The van der Waals surface area contributed by atoms with Crippen molar-refractivity contribution in [3.8, 4) is 0 Å². The van der Waals surface area contributed by atoms with E-state index in [1.807, 2.05) is 12.1 Å². The van der Waals surface area contributed by atoms with Crippen molar-refractivity contribution in [2.45, 2.75) is 25.4 Å². The second kappa shape index (κ2) is 5.33. The van der Waals surface area contributed by atoms with Crippen molar-refractivity contribution in [3.05, 3.63) is 70.8 Å². The molecule has 3 heteroatoms. The van der Waals surface area contributed by atoms with Gasteiger partial charge in [0.15, 0.2) is 0 Å². The van der Waals surface area contributed by atoms with Crippen LogP contribution in [0.3, 0.4) is 0 Å². The van der Waals surface area contributed by atoms with E-state index in [9.17, 15) is 13.9 Å². The van der Waals surface area contributed by atoms with Crippen LogP contribution in [0.5, 0.6) is 0 Å². The molecule has 0 fully saturated rings. The fourth-order valence-corrected chi connectivity index (χ4v) is 3.01. The molecule has 0 aliphatic heterocycles. The van der Waals surface area contributed by atoms with Crippen molar-refractivity contribution in [3.63, 3.8) is 0 Å². The van der Waals surface area contributed by atoms with Crippen LogP contribution >= 0.6 is 0 Å². The highest BCUT2D eigenvalue weighted by Crippen LogP contribution is 2.34. The Kier molecular flexibility index (Phi) is 3.53. The quantitative estimate of drug-likeness (QED) is 0.883. The van der Waals surface area contributed by atoms with E-state index in [1.165, 1.54) is 23.3 Å². The van der Waals surface area contributed by atoms with Crippen LogP contribution in [0.25, 0.3) is 0 Å². The third-order valence-electron chi connectivity index (χ3n) is 4.06.